The molecule has 4 fully saturated rings. The molecule has 2 aliphatic carbocycles. The van der Waals surface area contributed by atoms with Crippen LogP contribution in [0.15, 0.2) is 30.3 Å². The van der Waals surface area contributed by atoms with E-state index >= 15 is 0 Å². The van der Waals surface area contributed by atoms with Gasteiger partial charge in [-0.15, -0.1) is 0 Å². The molecule has 380 valence electrons. The Kier molecular flexibility index (Phi) is 17.8. The van der Waals surface area contributed by atoms with Crippen LogP contribution in [0.2, 0.25) is 0 Å². The lowest BCUT2D eigenvalue weighted by Gasteiger charge is -2.39. The van der Waals surface area contributed by atoms with Crippen LogP contribution in [-0.4, -0.2) is 91.3 Å². The predicted molar refractivity (Wildman–Crippen MR) is 221 cm³/mol. The van der Waals surface area contributed by atoms with E-state index in [-0.39, 0.29) is 48.7 Å². The van der Waals surface area contributed by atoms with Crippen molar-refractivity contribution in [1.82, 2.24) is 0 Å². The fourth-order valence-corrected chi connectivity index (χ4v) is 8.73. The first-order chi connectivity index (χ1) is 29.7. The lowest BCUT2D eigenvalue weighted by atomic mass is 9.70. The Morgan fingerprint density at radius 2 is 1.20 bits per heavy atom. The summed E-state index contributed by atoms with van der Waals surface area (Å²) in [7, 11) is 0. The number of alkyl halides is 9. The van der Waals surface area contributed by atoms with Crippen molar-refractivity contribution in [2.45, 2.75) is 181 Å². The number of cyclic esters (lactones) is 1. The van der Waals surface area contributed by atoms with Gasteiger partial charge in [0.05, 0.1) is 28.3 Å². The van der Waals surface area contributed by atoms with Crippen molar-refractivity contribution in [3.05, 3.63) is 35.9 Å². The number of rotatable bonds is 12. The van der Waals surface area contributed by atoms with Gasteiger partial charge in [0.15, 0.2) is 5.60 Å². The molecule has 11 nitrogen and oxygen atoms in total. The molecule has 2 heterocycles. The van der Waals surface area contributed by atoms with Crippen molar-refractivity contribution in [2.75, 3.05) is 6.61 Å². The largest absolute Gasteiger partial charge is 0.481 e. The van der Waals surface area contributed by atoms with Gasteiger partial charge in [-0.2, -0.15) is 39.5 Å². The van der Waals surface area contributed by atoms with Crippen LogP contribution in [0.3, 0.4) is 0 Å². The van der Waals surface area contributed by atoms with Crippen molar-refractivity contribution < 1.29 is 93.7 Å². The van der Waals surface area contributed by atoms with Crippen molar-refractivity contribution >= 4 is 23.9 Å². The van der Waals surface area contributed by atoms with Gasteiger partial charge in [0, 0.05) is 19.3 Å². The van der Waals surface area contributed by atoms with Gasteiger partial charge in [-0.3, -0.25) is 19.2 Å². The average Bonchev–Trinajstić information content (AvgIpc) is 3.91. The van der Waals surface area contributed by atoms with Crippen molar-refractivity contribution in [3.8, 4) is 0 Å². The second kappa shape index (κ2) is 20.1. The summed E-state index contributed by atoms with van der Waals surface area (Å²) in [6, 6.07) is 6.90. The highest BCUT2D eigenvalue weighted by Gasteiger charge is 2.74. The van der Waals surface area contributed by atoms with E-state index in [9.17, 15) is 68.9 Å². The number of hydrogen-bond donors (Lipinski definition) is 5. The first kappa shape index (κ1) is 58.5. The standard InChI is InChI=1S/C17H18F6O3.C17H25F3O3.C6H12O3.C6H12O2/c1-3-13(2)9-14(26-12(13)24,11-7-5-4-6-8-11)10-15(25,16(18,19)20)17(21,22)23;1-4-14(2)9-16(23-13(14)21)8-11-6-12(16)5-10(11)7-15(3,22)17(18,19)20;1-3-6(2,4-7)5(8)9;1-4-6(2,3)5(7)8/h4-8,25H,3,9-10H2,1-2H3;10-12,22H,4-9H2,1-3H3;7H,3-4H2,1-2H3,(H,8,9);4H2,1-3H3,(H,7,8). The molecule has 0 radical (unpaired) electrons. The topological polar surface area (TPSA) is 188 Å². The zero-order valence-corrected chi connectivity index (χ0v) is 39.2. The molecular formula is C46H67F9O11. The van der Waals surface area contributed by atoms with Crippen LogP contribution in [-0.2, 0) is 34.3 Å². The normalized spacial score (nSPS) is 30.4. The average molecular weight is 967 g/mol. The van der Waals surface area contributed by atoms with Crippen molar-refractivity contribution in [2.24, 2.45) is 39.4 Å². The number of ether oxygens (including phenoxy) is 2. The van der Waals surface area contributed by atoms with Gasteiger partial charge >= 0.3 is 42.4 Å². The zero-order chi connectivity index (χ0) is 51.6. The molecular weight excluding hydrogens is 899 g/mol. The van der Waals surface area contributed by atoms with E-state index in [0.29, 0.717) is 32.1 Å². The van der Waals surface area contributed by atoms with Crippen LogP contribution in [0.1, 0.15) is 145 Å². The van der Waals surface area contributed by atoms with E-state index in [0.717, 1.165) is 19.8 Å². The Balaban J connectivity index is 0.000000339. The summed E-state index contributed by atoms with van der Waals surface area (Å²) in [6.07, 6.45) is -14.3. The summed E-state index contributed by atoms with van der Waals surface area (Å²) >= 11 is 0. The summed E-state index contributed by atoms with van der Waals surface area (Å²) in [6.45, 7) is 16.0. The molecule has 2 saturated carbocycles. The number of aliphatic hydroxyl groups excluding tert-OH is 1. The van der Waals surface area contributed by atoms with E-state index in [4.69, 9.17) is 24.8 Å². The number of fused-ring (bicyclic) bond motifs is 3. The minimum atomic E-state index is -6.00. The fourth-order valence-electron chi connectivity index (χ4n) is 8.73. The van der Waals surface area contributed by atoms with Crippen LogP contribution in [0.5, 0.6) is 0 Å². The molecule has 2 aliphatic heterocycles. The van der Waals surface area contributed by atoms with Crippen LogP contribution in [0, 0.1) is 39.4 Å². The summed E-state index contributed by atoms with van der Waals surface area (Å²) in [5.41, 5.74) is -13.6. The third-order valence-electron chi connectivity index (χ3n) is 14.8. The molecule has 1 aromatic rings. The molecule has 0 aromatic heterocycles. The summed E-state index contributed by atoms with van der Waals surface area (Å²) < 4.78 is 129. The summed E-state index contributed by atoms with van der Waals surface area (Å²) in [5.74, 6) is -2.61. The lowest BCUT2D eigenvalue weighted by Crippen LogP contribution is -2.60. The molecule has 1 spiro atoms. The molecule has 9 unspecified atom stereocenters. The number of aliphatic hydroxyl groups is 3. The van der Waals surface area contributed by atoms with E-state index in [1.54, 1.807) is 27.7 Å². The van der Waals surface area contributed by atoms with Crippen molar-refractivity contribution in [3.63, 3.8) is 0 Å². The Morgan fingerprint density at radius 3 is 1.50 bits per heavy atom. The van der Waals surface area contributed by atoms with Gasteiger partial charge in [0.1, 0.15) is 11.2 Å². The number of esters is 2. The van der Waals surface area contributed by atoms with Crippen LogP contribution >= 0.6 is 0 Å². The molecule has 4 aliphatic rings. The number of aliphatic carboxylic acids is 2. The minimum Gasteiger partial charge on any atom is -0.481 e. The van der Waals surface area contributed by atoms with Crippen molar-refractivity contribution in [1.29, 1.82) is 0 Å². The zero-order valence-electron chi connectivity index (χ0n) is 39.2. The Bertz CT molecular complexity index is 1830. The van der Waals surface area contributed by atoms with Gasteiger partial charge in [-0.05, 0) is 116 Å². The minimum absolute atomic E-state index is 0.0301. The number of carboxylic acids is 2. The number of carbonyl (C=O) groups is 4. The second-order valence-electron chi connectivity index (χ2n) is 20.2. The number of carbonyl (C=O) groups excluding carboxylic acids is 2. The molecule has 66 heavy (non-hydrogen) atoms. The maximum absolute atomic E-state index is 13.2. The SMILES string of the molecule is CCC(C)(C)C(=O)O.CCC(C)(CO)C(=O)O.CCC1(C)CC(CC(O)(C(F)(F)F)C(F)(F)F)(c2ccccc2)OC1=O.CCC1(C)CC2(CC3CC2CC3CC(C)(O)C(F)(F)F)OC1=O. The first-order valence-corrected chi connectivity index (χ1v) is 22.0. The molecule has 1 aromatic carbocycles. The predicted octanol–water partition coefficient (Wildman–Crippen LogP) is 10.3. The molecule has 20 heteroatoms. The highest BCUT2D eigenvalue weighted by molar-refractivity contribution is 5.80. The lowest BCUT2D eigenvalue weighted by molar-refractivity contribution is -0.378. The Labute approximate surface area is 379 Å². The molecule has 0 amide bonds. The van der Waals surface area contributed by atoms with Crippen LogP contribution in [0.4, 0.5) is 39.5 Å². The number of hydrogen-bond acceptors (Lipinski definition) is 9. The quantitative estimate of drug-likeness (QED) is 0.0991. The van der Waals surface area contributed by atoms with Crippen LogP contribution in [0.25, 0.3) is 0 Å². The molecule has 2 bridgehead atoms. The number of carboxylic acid groups (broad SMARTS) is 2. The van der Waals surface area contributed by atoms with E-state index in [1.807, 2.05) is 20.8 Å². The molecule has 2 saturated heterocycles. The fraction of sp³-hybridized carbons (Fsp3) is 0.783. The second-order valence-corrected chi connectivity index (χ2v) is 20.2. The third kappa shape index (κ3) is 12.1. The van der Waals surface area contributed by atoms with E-state index in [2.05, 4.69) is 0 Å². The van der Waals surface area contributed by atoms with Crippen LogP contribution < -0.4 is 0 Å². The Morgan fingerprint density at radius 1 is 0.712 bits per heavy atom. The molecule has 9 atom stereocenters. The number of benzene rings is 1. The maximum atomic E-state index is 13.2. The monoisotopic (exact) mass is 966 g/mol. The highest BCUT2D eigenvalue weighted by atomic mass is 19.4. The third-order valence-corrected chi connectivity index (χ3v) is 14.8. The summed E-state index contributed by atoms with van der Waals surface area (Å²) in [4.78, 5) is 45.0. The first-order valence-electron chi connectivity index (χ1n) is 22.0. The van der Waals surface area contributed by atoms with E-state index in [1.165, 1.54) is 44.2 Å². The van der Waals surface area contributed by atoms with Gasteiger partial charge < -0.3 is 35.0 Å². The molecule has 5 rings (SSSR count). The number of halogens is 9. The Hall–Kier alpha value is -3.65. The van der Waals surface area contributed by atoms with Gasteiger partial charge in [-0.25, -0.2) is 0 Å². The van der Waals surface area contributed by atoms with E-state index < -0.39 is 93.3 Å². The smallest absolute Gasteiger partial charge is 0.426 e. The van der Waals surface area contributed by atoms with Gasteiger partial charge in [0.25, 0.3) is 5.60 Å². The highest BCUT2D eigenvalue weighted by Crippen LogP contribution is 2.64. The van der Waals surface area contributed by atoms with Gasteiger partial charge in [-0.1, -0.05) is 58.0 Å². The van der Waals surface area contributed by atoms with Gasteiger partial charge in [0.2, 0.25) is 0 Å². The molecule has 5 N–H and O–H groups in total. The summed E-state index contributed by atoms with van der Waals surface area (Å²) in [5, 5.41) is 44.9. The maximum Gasteiger partial charge on any atom is 0.426 e.